The number of likely N-dealkylation sites (tertiary alicyclic amines) is 2. The fourth-order valence-electron chi connectivity index (χ4n) is 9.06. The normalized spacial score (nSPS) is 19.6. The van der Waals surface area contributed by atoms with E-state index >= 15 is 0 Å². The first kappa shape index (κ1) is 51.0. The van der Waals surface area contributed by atoms with Crippen LogP contribution in [0.5, 0.6) is 0 Å². The quantitative estimate of drug-likeness (QED) is 0.0803. The summed E-state index contributed by atoms with van der Waals surface area (Å²) in [5.41, 5.74) is 8.60. The van der Waals surface area contributed by atoms with Crippen LogP contribution in [0.25, 0.3) is 20.9 Å². The van der Waals surface area contributed by atoms with Crippen molar-refractivity contribution in [3.05, 3.63) is 100 Å². The van der Waals surface area contributed by atoms with Gasteiger partial charge in [-0.15, -0.1) is 22.7 Å². The lowest BCUT2D eigenvalue weighted by Crippen LogP contribution is -2.57. The first-order chi connectivity index (χ1) is 32.8. The molecule has 17 nitrogen and oxygen atoms in total. The summed E-state index contributed by atoms with van der Waals surface area (Å²) >= 11 is 3.01. The van der Waals surface area contributed by atoms with Crippen LogP contribution in [0.15, 0.2) is 72.1 Å². The van der Waals surface area contributed by atoms with E-state index in [4.69, 9.17) is 4.74 Å². The average molecular weight is 982 g/mol. The summed E-state index contributed by atoms with van der Waals surface area (Å²) < 4.78 is 8.07. The Morgan fingerprint density at radius 2 is 1.46 bits per heavy atom. The van der Waals surface area contributed by atoms with Crippen LogP contribution in [-0.2, 0) is 48.5 Å². The van der Waals surface area contributed by atoms with Crippen molar-refractivity contribution in [1.82, 2.24) is 45.3 Å². The summed E-state index contributed by atoms with van der Waals surface area (Å²) in [6.45, 7) is 14.8. The van der Waals surface area contributed by atoms with Gasteiger partial charge in [0.25, 0.3) is 0 Å². The van der Waals surface area contributed by atoms with Crippen LogP contribution < -0.4 is 16.0 Å². The van der Waals surface area contributed by atoms with Crippen molar-refractivity contribution in [2.24, 2.45) is 11.3 Å². The molecule has 5 heterocycles. The summed E-state index contributed by atoms with van der Waals surface area (Å²) in [5.74, 6) is -2.02. The van der Waals surface area contributed by atoms with Crippen LogP contribution in [0.3, 0.4) is 0 Å². The van der Waals surface area contributed by atoms with Gasteiger partial charge in [-0.2, -0.15) is 0 Å². The zero-order valence-corrected chi connectivity index (χ0v) is 42.0. The van der Waals surface area contributed by atoms with E-state index in [1.165, 1.54) is 28.1 Å². The number of hydrogen-bond acceptors (Lipinski definition) is 13. The van der Waals surface area contributed by atoms with Gasteiger partial charge in [0.1, 0.15) is 24.2 Å². The number of thiazole rings is 2. The van der Waals surface area contributed by atoms with E-state index in [2.05, 4.69) is 30.9 Å². The highest BCUT2D eigenvalue weighted by molar-refractivity contribution is 7.13. The second-order valence-electron chi connectivity index (χ2n) is 19.4. The maximum Gasteiger partial charge on any atom is 0.246 e. The third kappa shape index (κ3) is 12.0. The van der Waals surface area contributed by atoms with E-state index in [0.717, 1.165) is 37.7 Å². The van der Waals surface area contributed by atoms with Crippen LogP contribution in [0, 0.1) is 18.3 Å². The number of benzene rings is 2. The number of nitrogens with one attached hydrogen (secondary N) is 3. The molecule has 2 aromatic carbocycles. The Morgan fingerprint density at radius 1 is 0.826 bits per heavy atom. The first-order valence-corrected chi connectivity index (χ1v) is 25.0. The number of carbonyl (C=O) groups excluding carboxylic acids is 5. The number of β-amino-alcohol motifs (C(OH)–C–C–N with tert-alkyl or cyclic N) is 1. The van der Waals surface area contributed by atoms with Crippen molar-refractivity contribution in [1.29, 1.82) is 0 Å². The van der Waals surface area contributed by atoms with Crippen molar-refractivity contribution in [3.63, 3.8) is 0 Å². The van der Waals surface area contributed by atoms with Crippen molar-refractivity contribution in [2.75, 3.05) is 13.1 Å². The van der Waals surface area contributed by atoms with Gasteiger partial charge < -0.3 is 45.3 Å². The first-order valence-electron chi connectivity index (χ1n) is 23.2. The van der Waals surface area contributed by atoms with Gasteiger partial charge >= 0.3 is 0 Å². The van der Waals surface area contributed by atoms with Crippen LogP contribution in [0.1, 0.15) is 102 Å². The zero-order valence-electron chi connectivity index (χ0n) is 40.3. The number of nitrogens with zero attached hydrogens (tertiary/aromatic N) is 6. The minimum absolute atomic E-state index is 0.000908. The number of carbonyl (C=O) groups is 5. The lowest BCUT2D eigenvalue weighted by atomic mass is 9.85. The second-order valence-corrected chi connectivity index (χ2v) is 21.1. The maximum absolute atomic E-state index is 14.4. The number of aryl methyl sites for hydroxylation is 1. The molecule has 2 aliphatic rings. The molecule has 7 atom stereocenters. The Hall–Kier alpha value is -5.86. The molecular weight excluding hydrogens is 919 g/mol. The molecule has 0 aliphatic carbocycles. The Labute approximate surface area is 410 Å². The van der Waals surface area contributed by atoms with E-state index in [0.29, 0.717) is 11.4 Å². The van der Waals surface area contributed by atoms with Crippen molar-refractivity contribution >= 4 is 52.2 Å². The molecule has 7 rings (SSSR count). The molecule has 5 N–H and O–H groups in total. The van der Waals surface area contributed by atoms with Gasteiger partial charge in [-0.3, -0.25) is 24.0 Å². The number of rotatable bonds is 17. The number of imidazole rings is 1. The summed E-state index contributed by atoms with van der Waals surface area (Å²) in [7, 11) is 0. The van der Waals surface area contributed by atoms with Crippen LogP contribution in [-0.4, -0.2) is 112 Å². The number of ether oxygens (including phenoxy) is 1. The third-order valence-electron chi connectivity index (χ3n) is 12.8. The molecule has 5 aromatic rings. The van der Waals surface area contributed by atoms with Crippen LogP contribution >= 0.6 is 22.7 Å². The summed E-state index contributed by atoms with van der Waals surface area (Å²) in [6.07, 6.45) is 2.13. The zero-order chi connectivity index (χ0) is 49.7. The summed E-state index contributed by atoms with van der Waals surface area (Å²) in [5, 5.41) is 29.3. The molecular formula is C50H63N9O8S2. The smallest absolute Gasteiger partial charge is 0.246 e. The van der Waals surface area contributed by atoms with Gasteiger partial charge in [-0.25, -0.2) is 15.0 Å². The van der Waals surface area contributed by atoms with E-state index < -0.39 is 47.8 Å². The lowest BCUT2D eigenvalue weighted by Gasteiger charge is -2.35. The Bertz CT molecular complexity index is 2600. The van der Waals surface area contributed by atoms with E-state index in [9.17, 15) is 34.2 Å². The van der Waals surface area contributed by atoms with Gasteiger partial charge in [0.2, 0.25) is 29.5 Å². The number of hydrogen-bond donors (Lipinski definition) is 5. The van der Waals surface area contributed by atoms with Crippen LogP contribution in [0.4, 0.5) is 0 Å². The highest BCUT2D eigenvalue weighted by atomic mass is 32.1. The molecule has 5 amide bonds. The molecule has 3 aromatic heterocycles. The molecule has 2 saturated heterocycles. The lowest BCUT2D eigenvalue weighted by molar-refractivity contribution is -0.143. The molecule has 2 fully saturated rings. The van der Waals surface area contributed by atoms with Crippen molar-refractivity contribution < 1.29 is 38.9 Å². The minimum atomic E-state index is -0.896. The Balaban J connectivity index is 1.00. The summed E-state index contributed by atoms with van der Waals surface area (Å²) in [6, 6.07) is 11.7. The van der Waals surface area contributed by atoms with Crippen LogP contribution in [0.2, 0.25) is 0 Å². The van der Waals surface area contributed by atoms with E-state index in [1.807, 2.05) is 103 Å². The maximum atomic E-state index is 14.4. The minimum Gasteiger partial charge on any atom is -0.391 e. The molecule has 368 valence electrons. The van der Waals surface area contributed by atoms with Gasteiger partial charge in [-0.1, -0.05) is 83.1 Å². The number of aromatic nitrogens is 4. The fraction of sp³-hybridized carbons (Fsp3) is 0.480. The molecule has 19 heteroatoms. The topological polar surface area (TPSA) is 221 Å². The van der Waals surface area contributed by atoms with Gasteiger partial charge in [0, 0.05) is 45.6 Å². The van der Waals surface area contributed by atoms with Gasteiger partial charge in [0.15, 0.2) is 0 Å². The Kier molecular flexibility index (Phi) is 16.1. The number of aliphatic hydroxyl groups is 2. The van der Waals surface area contributed by atoms with E-state index in [1.54, 1.807) is 33.9 Å². The van der Waals surface area contributed by atoms with Crippen molar-refractivity contribution in [2.45, 2.75) is 130 Å². The molecule has 0 bridgehead atoms. The number of amides is 5. The predicted molar refractivity (Wildman–Crippen MR) is 262 cm³/mol. The second kappa shape index (κ2) is 21.8. The molecule has 2 aliphatic heterocycles. The molecule has 0 radical (unpaired) electrons. The molecule has 0 unspecified atom stereocenters. The Morgan fingerprint density at radius 3 is 2.10 bits per heavy atom. The van der Waals surface area contributed by atoms with E-state index in [-0.39, 0.29) is 81.1 Å². The SMILES string of the molecule is CC(=O)N[C@H](C(=O)N1C[C@H](OCc2cn([C@H](C(=O)N3C[C@H](O)C[C@H]3C(=O)N[C@@H](C)c3ccc(-c4scnc4CO)cc3)C(C)C)cn2)C[C@H]1C(=O)NCc1ccc(-c2scnc2C)cc1)C(C)(C)C. The highest BCUT2D eigenvalue weighted by Gasteiger charge is 2.46. The van der Waals surface area contributed by atoms with Gasteiger partial charge in [0.05, 0.1) is 75.6 Å². The van der Waals surface area contributed by atoms with Crippen molar-refractivity contribution in [3.8, 4) is 20.9 Å². The third-order valence-corrected chi connectivity index (χ3v) is 14.6. The van der Waals surface area contributed by atoms with Gasteiger partial charge in [-0.05, 0) is 47.4 Å². The largest absolute Gasteiger partial charge is 0.391 e. The molecule has 0 saturated carbocycles. The highest BCUT2D eigenvalue weighted by Crippen LogP contribution is 2.32. The summed E-state index contributed by atoms with van der Waals surface area (Å²) in [4.78, 5) is 86.8. The fourth-order valence-corrected chi connectivity index (χ4v) is 10.7. The molecule has 69 heavy (non-hydrogen) atoms. The monoisotopic (exact) mass is 981 g/mol. The standard InChI is InChI=1S/C50H63N9O8S2/c1-28(2)42(48(65)58-21-37(62)17-40(58)47(64)55-29(3)33-13-15-35(16-14-33)44-39(23-60)54-27-69-44)57-20-36(52-25-57)24-67-38-18-41(59(22-38)49(66)45(50(6,7)8)56-31(5)61)46(63)51-19-32-9-11-34(12-10-32)43-30(4)53-26-68-43/h9-16,20,25-29,37-38,40-42,45,60,62H,17-19,21-24H2,1-8H3,(H,51,63)(H,55,64)(H,56,61)/t29-,37+,38+,40-,41-,42-,45+/m0/s1. The average Bonchev–Trinajstić information content (AvgIpc) is 4.18. The predicted octanol–water partition coefficient (Wildman–Crippen LogP) is 5.32. The molecule has 0 spiro atoms. The number of aliphatic hydroxyl groups excluding tert-OH is 2.